The van der Waals surface area contributed by atoms with Gasteiger partial charge in [-0.15, -0.1) is 6.58 Å². The molecule has 0 aliphatic heterocycles. The number of ether oxygens (including phenoxy) is 1. The van der Waals surface area contributed by atoms with E-state index in [1.165, 1.54) is 5.56 Å². The highest BCUT2D eigenvalue weighted by atomic mass is 16.5. The molecule has 0 saturated heterocycles. The maximum atomic E-state index is 5.69. The number of hydrogen-bond donors (Lipinski definition) is 1. The number of rotatable bonds is 9. The number of furan rings is 1. The van der Waals surface area contributed by atoms with Crippen LogP contribution in [0.1, 0.15) is 17.1 Å². The van der Waals surface area contributed by atoms with Gasteiger partial charge in [0.05, 0.1) is 13.2 Å². The van der Waals surface area contributed by atoms with E-state index in [0.29, 0.717) is 0 Å². The highest BCUT2D eigenvalue weighted by Gasteiger charge is 2.11. The lowest BCUT2D eigenvalue weighted by Gasteiger charge is -2.19. The van der Waals surface area contributed by atoms with E-state index in [1.807, 2.05) is 20.0 Å². The van der Waals surface area contributed by atoms with Gasteiger partial charge >= 0.3 is 0 Å². The Morgan fingerprint density at radius 3 is 2.94 bits per heavy atom. The van der Waals surface area contributed by atoms with Crippen molar-refractivity contribution in [2.24, 2.45) is 0 Å². The highest BCUT2D eigenvalue weighted by Crippen LogP contribution is 2.16. The van der Waals surface area contributed by atoms with Gasteiger partial charge in [0, 0.05) is 32.3 Å². The fraction of sp³-hybridized carbons (Fsp3) is 0.571. The molecule has 0 radical (unpaired) electrons. The number of hydrogen-bond acceptors (Lipinski definition) is 4. The average molecular weight is 252 g/mol. The van der Waals surface area contributed by atoms with E-state index in [0.717, 1.165) is 44.3 Å². The maximum Gasteiger partial charge on any atom is 0.118 e. The van der Waals surface area contributed by atoms with Gasteiger partial charge in [0.15, 0.2) is 0 Å². The summed E-state index contributed by atoms with van der Waals surface area (Å²) >= 11 is 0. The molecular weight excluding hydrogens is 228 g/mol. The Morgan fingerprint density at radius 1 is 1.56 bits per heavy atom. The van der Waals surface area contributed by atoms with E-state index < -0.39 is 0 Å². The molecule has 18 heavy (non-hydrogen) atoms. The summed E-state index contributed by atoms with van der Waals surface area (Å²) in [7, 11) is 3.64. The van der Waals surface area contributed by atoms with Crippen molar-refractivity contribution in [3.63, 3.8) is 0 Å². The van der Waals surface area contributed by atoms with E-state index in [9.17, 15) is 0 Å². The monoisotopic (exact) mass is 252 g/mol. The quantitative estimate of drug-likeness (QED) is 0.682. The van der Waals surface area contributed by atoms with E-state index in [1.54, 1.807) is 7.11 Å². The van der Waals surface area contributed by atoms with E-state index >= 15 is 0 Å². The third-order valence-corrected chi connectivity index (χ3v) is 2.82. The van der Waals surface area contributed by atoms with Crippen molar-refractivity contribution in [3.05, 3.63) is 35.8 Å². The first-order valence-electron chi connectivity index (χ1n) is 6.26. The van der Waals surface area contributed by atoms with E-state index in [4.69, 9.17) is 9.15 Å². The van der Waals surface area contributed by atoms with Crippen LogP contribution in [0.3, 0.4) is 0 Å². The SMILES string of the molecule is C=CCN(CCOC)Cc1cc(CNC)oc1C. The largest absolute Gasteiger partial charge is 0.465 e. The van der Waals surface area contributed by atoms with E-state index in [2.05, 4.69) is 22.9 Å². The lowest BCUT2D eigenvalue weighted by molar-refractivity contribution is 0.151. The second-order valence-corrected chi connectivity index (χ2v) is 4.34. The van der Waals surface area contributed by atoms with E-state index in [-0.39, 0.29) is 0 Å². The topological polar surface area (TPSA) is 37.6 Å². The molecule has 0 aliphatic carbocycles. The molecule has 1 heterocycles. The molecule has 0 aromatic carbocycles. The summed E-state index contributed by atoms with van der Waals surface area (Å²) in [6, 6.07) is 2.12. The fourth-order valence-corrected chi connectivity index (χ4v) is 1.88. The average Bonchev–Trinajstić information content (AvgIpc) is 2.67. The van der Waals surface area contributed by atoms with Crippen LogP contribution in [0, 0.1) is 6.92 Å². The van der Waals surface area contributed by atoms with Crippen molar-refractivity contribution in [1.82, 2.24) is 10.2 Å². The van der Waals surface area contributed by atoms with Crippen molar-refractivity contribution in [2.45, 2.75) is 20.0 Å². The first kappa shape index (κ1) is 15.0. The van der Waals surface area contributed by atoms with Crippen LogP contribution >= 0.6 is 0 Å². The summed E-state index contributed by atoms with van der Waals surface area (Å²) in [6.07, 6.45) is 1.92. The van der Waals surface area contributed by atoms with Gasteiger partial charge in [0.2, 0.25) is 0 Å². The molecule has 0 aliphatic rings. The molecule has 4 heteroatoms. The summed E-state index contributed by atoms with van der Waals surface area (Å²) in [6.45, 7) is 9.92. The summed E-state index contributed by atoms with van der Waals surface area (Å²) in [5.74, 6) is 1.97. The molecule has 0 unspecified atom stereocenters. The van der Waals surface area contributed by atoms with Gasteiger partial charge in [-0.1, -0.05) is 6.08 Å². The number of aryl methyl sites for hydroxylation is 1. The minimum Gasteiger partial charge on any atom is -0.465 e. The molecule has 102 valence electrons. The first-order chi connectivity index (χ1) is 8.71. The normalized spacial score (nSPS) is 11.1. The van der Waals surface area contributed by atoms with Gasteiger partial charge in [0.1, 0.15) is 11.5 Å². The van der Waals surface area contributed by atoms with Crippen molar-refractivity contribution in [2.75, 3.05) is 33.9 Å². The third kappa shape index (κ3) is 4.64. The van der Waals surface area contributed by atoms with Gasteiger partial charge in [0.25, 0.3) is 0 Å². The standard InChI is InChI=1S/C14H24N2O2/c1-5-6-16(7-8-17-4)11-13-9-14(10-15-3)18-12(13)2/h5,9,15H,1,6-8,10-11H2,2-4H3. The van der Waals surface area contributed by atoms with Crippen molar-refractivity contribution in [1.29, 1.82) is 0 Å². The molecule has 0 saturated carbocycles. The van der Waals surface area contributed by atoms with Crippen LogP contribution in [0.5, 0.6) is 0 Å². The summed E-state index contributed by atoms with van der Waals surface area (Å²) in [5.41, 5.74) is 1.23. The third-order valence-electron chi connectivity index (χ3n) is 2.82. The Labute approximate surface area is 110 Å². The molecule has 0 atom stereocenters. The Hall–Kier alpha value is -1.10. The lowest BCUT2D eigenvalue weighted by atomic mass is 10.2. The van der Waals surface area contributed by atoms with Crippen molar-refractivity contribution in [3.8, 4) is 0 Å². The molecule has 0 spiro atoms. The van der Waals surface area contributed by atoms with Crippen LogP contribution in [0.4, 0.5) is 0 Å². The maximum absolute atomic E-state index is 5.69. The van der Waals surface area contributed by atoms with Gasteiger partial charge in [-0.05, 0) is 20.0 Å². The molecule has 1 rings (SSSR count). The molecule has 1 N–H and O–H groups in total. The van der Waals surface area contributed by atoms with Gasteiger partial charge in [-0.25, -0.2) is 0 Å². The smallest absolute Gasteiger partial charge is 0.118 e. The Bertz CT molecular complexity index is 361. The number of nitrogens with one attached hydrogen (secondary N) is 1. The van der Waals surface area contributed by atoms with Gasteiger partial charge < -0.3 is 14.5 Å². The lowest BCUT2D eigenvalue weighted by Crippen LogP contribution is -2.27. The molecule has 4 nitrogen and oxygen atoms in total. The molecule has 1 aromatic heterocycles. The van der Waals surface area contributed by atoms with Gasteiger partial charge in [-0.3, -0.25) is 4.90 Å². The Balaban J connectivity index is 2.63. The minimum atomic E-state index is 0.730. The Morgan fingerprint density at radius 2 is 2.33 bits per heavy atom. The van der Waals surface area contributed by atoms with Crippen LogP contribution in [-0.4, -0.2) is 38.8 Å². The fourth-order valence-electron chi connectivity index (χ4n) is 1.88. The zero-order chi connectivity index (χ0) is 13.4. The molecule has 0 bridgehead atoms. The van der Waals surface area contributed by atoms with Crippen LogP contribution in [0.25, 0.3) is 0 Å². The van der Waals surface area contributed by atoms with Crippen LogP contribution in [-0.2, 0) is 17.8 Å². The minimum absolute atomic E-state index is 0.730. The zero-order valence-corrected chi connectivity index (χ0v) is 11.7. The zero-order valence-electron chi connectivity index (χ0n) is 11.7. The van der Waals surface area contributed by atoms with Crippen LogP contribution < -0.4 is 5.32 Å². The van der Waals surface area contributed by atoms with Crippen LogP contribution in [0.15, 0.2) is 23.1 Å². The van der Waals surface area contributed by atoms with Crippen molar-refractivity contribution >= 4 is 0 Å². The molecule has 0 amide bonds. The number of methoxy groups -OCH3 is 1. The predicted molar refractivity (Wildman–Crippen MR) is 73.6 cm³/mol. The predicted octanol–water partition coefficient (Wildman–Crippen LogP) is 1.94. The summed E-state index contributed by atoms with van der Waals surface area (Å²) in [4.78, 5) is 2.29. The summed E-state index contributed by atoms with van der Waals surface area (Å²) in [5, 5.41) is 3.09. The van der Waals surface area contributed by atoms with Crippen LogP contribution in [0.2, 0.25) is 0 Å². The molecule has 1 aromatic rings. The highest BCUT2D eigenvalue weighted by molar-refractivity contribution is 5.20. The molecular formula is C14H24N2O2. The second-order valence-electron chi connectivity index (χ2n) is 4.34. The van der Waals surface area contributed by atoms with Crippen molar-refractivity contribution < 1.29 is 9.15 Å². The molecule has 0 fully saturated rings. The first-order valence-corrected chi connectivity index (χ1v) is 6.26. The van der Waals surface area contributed by atoms with Gasteiger partial charge in [-0.2, -0.15) is 0 Å². The Kier molecular flexibility index (Phi) is 6.72. The second kappa shape index (κ2) is 8.08. The number of nitrogens with zero attached hydrogens (tertiary/aromatic N) is 1. The summed E-state index contributed by atoms with van der Waals surface area (Å²) < 4.78 is 10.8.